The molecule has 0 aromatic carbocycles. The van der Waals surface area contributed by atoms with E-state index in [9.17, 15) is 9.18 Å². The Hall–Kier alpha value is -0.600. The molecule has 1 amide bonds. The normalized spacial score (nSPS) is 14.7. The van der Waals surface area contributed by atoms with E-state index in [1.165, 1.54) is 0 Å². The molecule has 2 nitrogen and oxygen atoms in total. The van der Waals surface area contributed by atoms with Gasteiger partial charge in [0.25, 0.3) is 5.91 Å². The predicted molar refractivity (Wildman–Crippen MR) is 66.1 cm³/mol. The summed E-state index contributed by atoms with van der Waals surface area (Å²) >= 11 is 0. The number of carbonyl (C=O) groups excluding carboxylic acids is 1. The second-order valence-electron chi connectivity index (χ2n) is 6.37. The summed E-state index contributed by atoms with van der Waals surface area (Å²) in [5.74, 6) is -0.476. The molecule has 1 N–H and O–H groups in total. The fourth-order valence-corrected chi connectivity index (χ4v) is 2.17. The Morgan fingerprint density at radius 3 is 2.12 bits per heavy atom. The van der Waals surface area contributed by atoms with Crippen molar-refractivity contribution in [2.45, 2.75) is 72.5 Å². The third-order valence-electron chi connectivity index (χ3n) is 2.26. The predicted octanol–water partition coefficient (Wildman–Crippen LogP) is 3.46. The standard InChI is InChI=1S/C13H26FNO/c1-7-8-10(14)11(16)15-13(5,6)9-12(2,3)4/h10H,7-9H2,1-6H3,(H,15,16). The van der Waals surface area contributed by atoms with E-state index in [1.807, 2.05) is 20.8 Å². The van der Waals surface area contributed by atoms with Gasteiger partial charge in [-0.3, -0.25) is 4.79 Å². The number of carbonyl (C=O) groups is 1. The van der Waals surface area contributed by atoms with E-state index in [2.05, 4.69) is 26.1 Å². The number of amides is 1. The summed E-state index contributed by atoms with van der Waals surface area (Å²) in [4.78, 5) is 11.5. The van der Waals surface area contributed by atoms with E-state index in [4.69, 9.17) is 0 Å². The molecule has 0 spiro atoms. The monoisotopic (exact) mass is 231 g/mol. The fourth-order valence-electron chi connectivity index (χ4n) is 2.17. The molecular weight excluding hydrogens is 205 g/mol. The van der Waals surface area contributed by atoms with Gasteiger partial charge >= 0.3 is 0 Å². The lowest BCUT2D eigenvalue weighted by Crippen LogP contribution is -2.48. The van der Waals surface area contributed by atoms with Crippen LogP contribution in [-0.2, 0) is 4.79 Å². The van der Waals surface area contributed by atoms with Crippen molar-refractivity contribution >= 4 is 5.91 Å². The van der Waals surface area contributed by atoms with Crippen molar-refractivity contribution in [2.24, 2.45) is 5.41 Å². The van der Waals surface area contributed by atoms with Crippen LogP contribution in [0.5, 0.6) is 0 Å². The van der Waals surface area contributed by atoms with Gasteiger partial charge in [-0.15, -0.1) is 0 Å². The minimum absolute atomic E-state index is 0.118. The zero-order valence-corrected chi connectivity index (χ0v) is 11.5. The van der Waals surface area contributed by atoms with Gasteiger partial charge in [-0.2, -0.15) is 0 Å². The molecular formula is C13H26FNO. The highest BCUT2D eigenvalue weighted by atomic mass is 19.1. The topological polar surface area (TPSA) is 29.1 Å². The van der Waals surface area contributed by atoms with Crippen LogP contribution in [0.1, 0.15) is 60.8 Å². The summed E-state index contributed by atoms with van der Waals surface area (Å²) in [5.41, 5.74) is -0.235. The van der Waals surface area contributed by atoms with Crippen LogP contribution in [0.3, 0.4) is 0 Å². The molecule has 96 valence electrons. The fraction of sp³-hybridized carbons (Fsp3) is 0.923. The van der Waals surface area contributed by atoms with Crippen molar-refractivity contribution in [1.82, 2.24) is 5.32 Å². The van der Waals surface area contributed by atoms with Crippen LogP contribution in [0.4, 0.5) is 4.39 Å². The van der Waals surface area contributed by atoms with E-state index in [1.54, 1.807) is 0 Å². The molecule has 1 atom stereocenters. The van der Waals surface area contributed by atoms with E-state index in [0.717, 1.165) is 6.42 Å². The highest BCUT2D eigenvalue weighted by Gasteiger charge is 2.29. The maximum atomic E-state index is 13.3. The summed E-state index contributed by atoms with van der Waals surface area (Å²) in [6, 6.07) is 0. The Labute approximate surface area is 99.0 Å². The van der Waals surface area contributed by atoms with Gasteiger partial charge in [0.2, 0.25) is 0 Å². The number of rotatable bonds is 5. The van der Waals surface area contributed by atoms with E-state index in [-0.39, 0.29) is 11.0 Å². The Bertz CT molecular complexity index is 231. The Morgan fingerprint density at radius 1 is 1.25 bits per heavy atom. The van der Waals surface area contributed by atoms with Gasteiger partial charge < -0.3 is 5.32 Å². The van der Waals surface area contributed by atoms with Crippen LogP contribution in [0, 0.1) is 5.41 Å². The third kappa shape index (κ3) is 6.81. The summed E-state index contributed by atoms with van der Waals surface area (Å²) in [7, 11) is 0. The van der Waals surface area contributed by atoms with Crippen LogP contribution in [0.25, 0.3) is 0 Å². The van der Waals surface area contributed by atoms with Crippen LogP contribution >= 0.6 is 0 Å². The van der Waals surface area contributed by atoms with Crippen molar-refractivity contribution in [3.05, 3.63) is 0 Å². The molecule has 0 fully saturated rings. The van der Waals surface area contributed by atoms with Gasteiger partial charge in [-0.05, 0) is 32.1 Å². The SMILES string of the molecule is CCCC(F)C(=O)NC(C)(C)CC(C)(C)C. The molecule has 0 heterocycles. The molecule has 0 aliphatic rings. The van der Waals surface area contributed by atoms with Gasteiger partial charge in [-0.25, -0.2) is 4.39 Å². The van der Waals surface area contributed by atoms with Gasteiger partial charge in [0, 0.05) is 5.54 Å². The first-order chi connectivity index (χ1) is 7.07. The average molecular weight is 231 g/mol. The zero-order chi connectivity index (χ0) is 13.0. The van der Waals surface area contributed by atoms with Crippen molar-refractivity contribution in [3.8, 4) is 0 Å². The molecule has 0 aromatic heterocycles. The lowest BCUT2D eigenvalue weighted by molar-refractivity contribution is -0.128. The van der Waals surface area contributed by atoms with Crippen LogP contribution in [0.2, 0.25) is 0 Å². The molecule has 0 bridgehead atoms. The molecule has 1 unspecified atom stereocenters. The molecule has 16 heavy (non-hydrogen) atoms. The molecule has 0 saturated carbocycles. The average Bonchev–Trinajstić information content (AvgIpc) is 1.98. The quantitative estimate of drug-likeness (QED) is 0.771. The lowest BCUT2D eigenvalue weighted by Gasteiger charge is -2.33. The maximum absolute atomic E-state index is 13.3. The van der Waals surface area contributed by atoms with Gasteiger partial charge in [0.1, 0.15) is 0 Å². The molecule has 0 aromatic rings. The Balaban J connectivity index is 4.30. The summed E-state index contributed by atoms with van der Waals surface area (Å²) in [5, 5.41) is 2.78. The van der Waals surface area contributed by atoms with Crippen molar-refractivity contribution in [1.29, 1.82) is 0 Å². The number of nitrogens with one attached hydrogen (secondary N) is 1. The van der Waals surface area contributed by atoms with Gasteiger partial charge in [0.05, 0.1) is 0 Å². The van der Waals surface area contributed by atoms with Crippen molar-refractivity contribution in [2.75, 3.05) is 0 Å². The van der Waals surface area contributed by atoms with Crippen LogP contribution in [-0.4, -0.2) is 17.6 Å². The summed E-state index contributed by atoms with van der Waals surface area (Å²) in [6.07, 6.45) is 0.445. The first-order valence-electron chi connectivity index (χ1n) is 6.03. The summed E-state index contributed by atoms with van der Waals surface area (Å²) in [6.45, 7) is 12.1. The molecule has 0 rings (SSSR count). The first-order valence-corrected chi connectivity index (χ1v) is 6.03. The molecule has 3 heteroatoms. The maximum Gasteiger partial charge on any atom is 0.254 e. The number of alkyl halides is 1. The minimum Gasteiger partial charge on any atom is -0.349 e. The Kier molecular flexibility index (Phi) is 5.43. The first kappa shape index (κ1) is 15.4. The largest absolute Gasteiger partial charge is 0.349 e. The highest BCUT2D eigenvalue weighted by molar-refractivity contribution is 5.81. The lowest BCUT2D eigenvalue weighted by atomic mass is 9.81. The summed E-state index contributed by atoms with van der Waals surface area (Å²) < 4.78 is 13.3. The van der Waals surface area contributed by atoms with E-state index >= 15 is 0 Å². The molecule has 0 saturated heterocycles. The third-order valence-corrected chi connectivity index (χ3v) is 2.26. The Morgan fingerprint density at radius 2 is 1.75 bits per heavy atom. The smallest absolute Gasteiger partial charge is 0.254 e. The number of hydrogen-bond acceptors (Lipinski definition) is 1. The molecule has 0 aliphatic carbocycles. The highest BCUT2D eigenvalue weighted by Crippen LogP contribution is 2.26. The minimum atomic E-state index is -1.37. The number of hydrogen-bond donors (Lipinski definition) is 1. The van der Waals surface area contributed by atoms with Crippen molar-refractivity contribution in [3.63, 3.8) is 0 Å². The van der Waals surface area contributed by atoms with Gasteiger partial charge in [-0.1, -0.05) is 34.1 Å². The second kappa shape index (κ2) is 5.65. The van der Waals surface area contributed by atoms with Crippen LogP contribution < -0.4 is 5.32 Å². The molecule has 0 aliphatic heterocycles. The van der Waals surface area contributed by atoms with E-state index < -0.39 is 12.1 Å². The van der Waals surface area contributed by atoms with Crippen molar-refractivity contribution < 1.29 is 9.18 Å². The van der Waals surface area contributed by atoms with E-state index in [0.29, 0.717) is 12.8 Å². The van der Waals surface area contributed by atoms with Crippen LogP contribution in [0.15, 0.2) is 0 Å². The number of halogens is 1. The molecule has 0 radical (unpaired) electrons. The zero-order valence-electron chi connectivity index (χ0n) is 11.5. The van der Waals surface area contributed by atoms with Gasteiger partial charge in [0.15, 0.2) is 6.17 Å². The second-order valence-corrected chi connectivity index (χ2v) is 6.37.